The van der Waals surface area contributed by atoms with Gasteiger partial charge >= 0.3 is 0 Å². The predicted octanol–water partition coefficient (Wildman–Crippen LogP) is 3.08. The number of hydrogen-bond donors (Lipinski definition) is 0. The van der Waals surface area contributed by atoms with Crippen LogP contribution in [0, 0.1) is 6.92 Å². The summed E-state index contributed by atoms with van der Waals surface area (Å²) < 4.78 is 7.52. The van der Waals surface area contributed by atoms with Crippen molar-refractivity contribution in [3.63, 3.8) is 0 Å². The van der Waals surface area contributed by atoms with Crippen LogP contribution in [0.1, 0.15) is 43.6 Å². The lowest BCUT2D eigenvalue weighted by Crippen LogP contribution is -2.49. The van der Waals surface area contributed by atoms with E-state index in [0.717, 1.165) is 86.3 Å². The van der Waals surface area contributed by atoms with E-state index in [0.29, 0.717) is 6.42 Å². The SMILES string of the molecule is CCC(=O)N1CCN(c2nc(C3CCOCC3)nc3c2c(C)nn3-c2ccccc2)CC1. The number of amides is 1. The molecule has 2 saturated heterocycles. The number of carbonyl (C=O) groups excluding carboxylic acids is 1. The molecule has 0 N–H and O–H groups in total. The van der Waals surface area contributed by atoms with Crippen LogP contribution in [0.5, 0.6) is 0 Å². The normalized spacial score (nSPS) is 17.8. The molecule has 3 aromatic rings. The lowest BCUT2D eigenvalue weighted by Gasteiger charge is -2.36. The average Bonchev–Trinajstić information content (AvgIpc) is 3.20. The van der Waals surface area contributed by atoms with Gasteiger partial charge in [-0.15, -0.1) is 0 Å². The van der Waals surface area contributed by atoms with Crippen LogP contribution in [-0.4, -0.2) is 69.9 Å². The third-order valence-corrected chi connectivity index (χ3v) is 6.52. The lowest BCUT2D eigenvalue weighted by atomic mass is 9.99. The summed E-state index contributed by atoms with van der Waals surface area (Å²) in [5, 5.41) is 5.86. The van der Waals surface area contributed by atoms with Crippen molar-refractivity contribution in [2.45, 2.75) is 39.0 Å². The van der Waals surface area contributed by atoms with E-state index in [1.165, 1.54) is 0 Å². The molecule has 5 rings (SSSR count). The Bertz CT molecular complexity index is 1100. The molecule has 0 bridgehead atoms. The van der Waals surface area contributed by atoms with Crippen LogP contribution in [0.3, 0.4) is 0 Å². The fourth-order valence-electron chi connectivity index (χ4n) is 4.69. The number of aromatic nitrogens is 4. The van der Waals surface area contributed by atoms with Crippen molar-refractivity contribution >= 4 is 22.8 Å². The molecule has 0 aliphatic carbocycles. The molecule has 1 amide bonds. The third-order valence-electron chi connectivity index (χ3n) is 6.52. The molecule has 0 atom stereocenters. The molecule has 2 aromatic heterocycles. The Morgan fingerprint density at radius 3 is 2.47 bits per heavy atom. The van der Waals surface area contributed by atoms with Crippen LogP contribution >= 0.6 is 0 Å². The number of aryl methyl sites for hydroxylation is 1. The van der Waals surface area contributed by atoms with Crippen molar-refractivity contribution in [2.75, 3.05) is 44.3 Å². The molecule has 8 heteroatoms. The molecule has 168 valence electrons. The van der Waals surface area contributed by atoms with E-state index < -0.39 is 0 Å². The predicted molar refractivity (Wildman–Crippen MR) is 123 cm³/mol. The van der Waals surface area contributed by atoms with E-state index in [1.54, 1.807) is 0 Å². The van der Waals surface area contributed by atoms with E-state index in [-0.39, 0.29) is 11.8 Å². The second-order valence-corrected chi connectivity index (χ2v) is 8.54. The Kier molecular flexibility index (Phi) is 5.78. The van der Waals surface area contributed by atoms with Crippen LogP contribution in [0.25, 0.3) is 16.7 Å². The number of piperazine rings is 1. The topological polar surface area (TPSA) is 76.4 Å². The Hall–Kier alpha value is -3.00. The maximum Gasteiger partial charge on any atom is 0.222 e. The van der Waals surface area contributed by atoms with Crippen molar-refractivity contribution in [2.24, 2.45) is 0 Å². The highest BCUT2D eigenvalue weighted by Crippen LogP contribution is 2.33. The second kappa shape index (κ2) is 8.86. The lowest BCUT2D eigenvalue weighted by molar-refractivity contribution is -0.131. The molecule has 0 unspecified atom stereocenters. The summed E-state index contributed by atoms with van der Waals surface area (Å²) in [5.74, 6) is 2.32. The molecule has 2 aliphatic rings. The minimum absolute atomic E-state index is 0.216. The smallest absolute Gasteiger partial charge is 0.222 e. The number of benzene rings is 1. The zero-order chi connectivity index (χ0) is 22.1. The highest BCUT2D eigenvalue weighted by molar-refractivity contribution is 5.91. The summed E-state index contributed by atoms with van der Waals surface area (Å²) in [6.07, 6.45) is 2.42. The highest BCUT2D eigenvalue weighted by Gasteiger charge is 2.28. The van der Waals surface area contributed by atoms with Gasteiger partial charge in [-0.1, -0.05) is 25.1 Å². The van der Waals surface area contributed by atoms with Gasteiger partial charge in [-0.3, -0.25) is 4.79 Å². The van der Waals surface area contributed by atoms with E-state index in [4.69, 9.17) is 19.8 Å². The number of para-hydroxylation sites is 1. The maximum absolute atomic E-state index is 12.2. The Balaban J connectivity index is 1.59. The van der Waals surface area contributed by atoms with Crippen molar-refractivity contribution in [3.05, 3.63) is 41.9 Å². The first kappa shape index (κ1) is 20.9. The minimum Gasteiger partial charge on any atom is -0.381 e. The zero-order valence-corrected chi connectivity index (χ0v) is 18.8. The maximum atomic E-state index is 12.2. The number of hydrogen-bond acceptors (Lipinski definition) is 6. The summed E-state index contributed by atoms with van der Waals surface area (Å²) in [5.41, 5.74) is 2.77. The standard InChI is InChI=1S/C24H30N6O2/c1-3-20(31)28-11-13-29(14-12-28)23-21-17(2)27-30(19-7-5-4-6-8-19)24(21)26-22(25-23)18-9-15-32-16-10-18/h4-8,18H,3,9-16H2,1-2H3. The highest BCUT2D eigenvalue weighted by atomic mass is 16.5. The molecule has 8 nitrogen and oxygen atoms in total. The van der Waals surface area contributed by atoms with Crippen molar-refractivity contribution in [1.29, 1.82) is 0 Å². The monoisotopic (exact) mass is 434 g/mol. The number of rotatable bonds is 4. The zero-order valence-electron chi connectivity index (χ0n) is 18.8. The Labute approximate surface area is 188 Å². The van der Waals surface area contributed by atoms with Crippen LogP contribution in [0.4, 0.5) is 5.82 Å². The first-order chi connectivity index (χ1) is 15.7. The minimum atomic E-state index is 0.216. The van der Waals surface area contributed by atoms with Gasteiger partial charge in [-0.2, -0.15) is 5.10 Å². The summed E-state index contributed by atoms with van der Waals surface area (Å²) in [6.45, 7) is 8.41. The summed E-state index contributed by atoms with van der Waals surface area (Å²) in [4.78, 5) is 26.6. The molecule has 2 aliphatic heterocycles. The van der Waals surface area contributed by atoms with Gasteiger partial charge in [0.2, 0.25) is 5.91 Å². The van der Waals surface area contributed by atoms with Crippen LogP contribution in [-0.2, 0) is 9.53 Å². The molecule has 0 spiro atoms. The summed E-state index contributed by atoms with van der Waals surface area (Å²) in [6, 6.07) is 10.1. The van der Waals surface area contributed by atoms with Gasteiger partial charge in [0.25, 0.3) is 0 Å². The molecule has 2 fully saturated rings. The fourth-order valence-corrected chi connectivity index (χ4v) is 4.69. The molecule has 32 heavy (non-hydrogen) atoms. The van der Waals surface area contributed by atoms with Gasteiger partial charge in [0.1, 0.15) is 11.6 Å². The largest absolute Gasteiger partial charge is 0.381 e. The van der Waals surface area contributed by atoms with Crippen LogP contribution in [0.15, 0.2) is 30.3 Å². The van der Waals surface area contributed by atoms with E-state index in [2.05, 4.69) is 17.0 Å². The molecular weight excluding hydrogens is 404 g/mol. The molecule has 0 radical (unpaired) electrons. The van der Waals surface area contributed by atoms with Gasteiger partial charge < -0.3 is 14.5 Å². The van der Waals surface area contributed by atoms with Gasteiger partial charge in [0, 0.05) is 51.7 Å². The van der Waals surface area contributed by atoms with E-state index in [1.807, 2.05) is 41.6 Å². The Morgan fingerprint density at radius 2 is 1.78 bits per heavy atom. The van der Waals surface area contributed by atoms with Gasteiger partial charge in [-0.05, 0) is 31.9 Å². The van der Waals surface area contributed by atoms with Crippen molar-refractivity contribution < 1.29 is 9.53 Å². The molecular formula is C24H30N6O2. The van der Waals surface area contributed by atoms with E-state index in [9.17, 15) is 4.79 Å². The molecule has 0 saturated carbocycles. The number of ether oxygens (including phenoxy) is 1. The summed E-state index contributed by atoms with van der Waals surface area (Å²) in [7, 11) is 0. The van der Waals surface area contributed by atoms with Crippen molar-refractivity contribution in [1.82, 2.24) is 24.6 Å². The van der Waals surface area contributed by atoms with E-state index >= 15 is 0 Å². The van der Waals surface area contributed by atoms with Gasteiger partial charge in [0.15, 0.2) is 5.65 Å². The second-order valence-electron chi connectivity index (χ2n) is 8.54. The number of carbonyl (C=O) groups is 1. The number of fused-ring (bicyclic) bond motifs is 1. The molecule has 4 heterocycles. The van der Waals surface area contributed by atoms with Crippen LogP contribution < -0.4 is 4.90 Å². The number of anilines is 1. The first-order valence-electron chi connectivity index (χ1n) is 11.6. The quantitative estimate of drug-likeness (QED) is 0.628. The van der Waals surface area contributed by atoms with Gasteiger partial charge in [-0.25, -0.2) is 14.6 Å². The van der Waals surface area contributed by atoms with Crippen molar-refractivity contribution in [3.8, 4) is 5.69 Å². The van der Waals surface area contributed by atoms with Gasteiger partial charge in [0.05, 0.1) is 16.8 Å². The third kappa shape index (κ3) is 3.83. The molecule has 1 aromatic carbocycles. The average molecular weight is 435 g/mol. The first-order valence-corrected chi connectivity index (χ1v) is 11.6. The Morgan fingerprint density at radius 1 is 1.06 bits per heavy atom. The van der Waals surface area contributed by atoms with Crippen LogP contribution in [0.2, 0.25) is 0 Å². The summed E-state index contributed by atoms with van der Waals surface area (Å²) >= 11 is 0. The number of nitrogens with zero attached hydrogens (tertiary/aromatic N) is 6. The fraction of sp³-hybridized carbons (Fsp3) is 0.500.